The molecule has 0 aliphatic heterocycles. The monoisotopic (exact) mass is 191 g/mol. The molecule has 0 aliphatic carbocycles. The number of hydrogen-bond acceptors (Lipinski definition) is 3. The second-order valence-corrected chi connectivity index (χ2v) is 7.40. The van der Waals surface area contributed by atoms with Crippen molar-refractivity contribution in [3.8, 4) is 0 Å². The van der Waals surface area contributed by atoms with E-state index in [2.05, 4.69) is 17.7 Å². The Kier molecular flexibility index (Phi) is 4.26. The summed E-state index contributed by atoms with van der Waals surface area (Å²) >= 11 is 0. The van der Waals surface area contributed by atoms with Gasteiger partial charge in [0.1, 0.15) is 6.26 Å². The first-order valence-electron chi connectivity index (χ1n) is 3.09. The van der Waals surface area contributed by atoms with Crippen molar-refractivity contribution in [3.05, 3.63) is 25.1 Å². The molecule has 0 aromatic rings. The molecule has 0 fully saturated rings. The van der Waals surface area contributed by atoms with Crippen molar-refractivity contribution >= 4 is 16.6 Å². The summed E-state index contributed by atoms with van der Waals surface area (Å²) in [5.74, 6) is 0. The van der Waals surface area contributed by atoms with E-state index in [1.807, 2.05) is 13.1 Å². The van der Waals surface area contributed by atoms with E-state index in [9.17, 15) is 4.57 Å². The van der Waals surface area contributed by atoms with Gasteiger partial charge in [0.25, 0.3) is 8.32 Å². The average molecular weight is 191 g/mol. The molecule has 0 saturated heterocycles. The maximum Gasteiger partial charge on any atom is 0.737 e. The molecule has 1 unspecified atom stereocenters. The van der Waals surface area contributed by atoms with Crippen molar-refractivity contribution in [2.45, 2.75) is 13.1 Å². The van der Waals surface area contributed by atoms with Crippen LogP contribution in [-0.2, 0) is 13.3 Å². The third-order valence-corrected chi connectivity index (χ3v) is 4.74. The Balaban J connectivity index is 3.92. The Hall–Kier alpha value is -0.443. The molecule has 0 aromatic carbocycles. The molecule has 0 saturated carbocycles. The zero-order valence-corrected chi connectivity index (χ0v) is 8.64. The van der Waals surface area contributed by atoms with Crippen molar-refractivity contribution in [3.63, 3.8) is 0 Å². The van der Waals surface area contributed by atoms with Crippen LogP contribution in [0.2, 0.25) is 13.1 Å². The zero-order valence-electron chi connectivity index (χ0n) is 6.74. The summed E-state index contributed by atoms with van der Waals surface area (Å²) < 4.78 is 20.4. The van der Waals surface area contributed by atoms with Crippen LogP contribution in [0.4, 0.5) is 0 Å². The highest BCUT2D eigenvalue weighted by atomic mass is 31.1. The normalized spacial score (nSPS) is 12.0. The first-order valence-corrected chi connectivity index (χ1v) is 7.17. The van der Waals surface area contributed by atoms with Gasteiger partial charge in [0, 0.05) is 4.57 Å². The molecule has 5 heteroatoms. The van der Waals surface area contributed by atoms with Gasteiger partial charge in [0.05, 0.1) is 0 Å². The summed E-state index contributed by atoms with van der Waals surface area (Å²) in [6.07, 6.45) is 1.10. The molecule has 0 heterocycles. The molecular weight excluding hydrogens is 179 g/mol. The van der Waals surface area contributed by atoms with Gasteiger partial charge < -0.3 is 0 Å². The smallest absolute Gasteiger partial charge is 0.239 e. The summed E-state index contributed by atoms with van der Waals surface area (Å²) in [7, 11) is -4.02. The lowest BCUT2D eigenvalue weighted by Crippen LogP contribution is -2.23. The topological polar surface area (TPSA) is 35.5 Å². The predicted octanol–water partition coefficient (Wildman–Crippen LogP) is 2.75. The fourth-order valence-corrected chi connectivity index (χ4v) is 2.44. The molecule has 0 rings (SSSR count). The van der Waals surface area contributed by atoms with Crippen LogP contribution in [0.5, 0.6) is 0 Å². The quantitative estimate of drug-likeness (QED) is 0.381. The van der Waals surface area contributed by atoms with E-state index < -0.39 is 16.6 Å². The second-order valence-electron chi connectivity index (χ2n) is 2.39. The first kappa shape index (κ1) is 10.6. The Morgan fingerprint density at radius 2 is 2.00 bits per heavy atom. The maximum absolute atomic E-state index is 10.8. The Labute approximate surface area is 68.8 Å². The van der Waals surface area contributed by atoms with Crippen molar-refractivity contribution in [1.82, 2.24) is 0 Å². The van der Waals surface area contributed by atoms with Crippen LogP contribution in [0, 0.1) is 0 Å². The van der Waals surface area contributed by atoms with E-state index in [0.717, 1.165) is 6.26 Å². The summed E-state index contributed by atoms with van der Waals surface area (Å²) in [6, 6.07) is 0. The summed E-state index contributed by atoms with van der Waals surface area (Å²) in [6.45, 7) is 10.6. The number of hydrogen-bond donors (Lipinski definition) is 0. The van der Waals surface area contributed by atoms with E-state index in [0.29, 0.717) is 0 Å². The van der Waals surface area contributed by atoms with E-state index in [4.69, 9.17) is 4.21 Å². The van der Waals surface area contributed by atoms with Crippen LogP contribution in [0.3, 0.4) is 0 Å². The SMILES string of the molecule is C=CO[P+](=O)O[Si](C)(C)C=C. The first-order chi connectivity index (χ1) is 5.02. The minimum atomic E-state index is -2.05. The highest BCUT2D eigenvalue weighted by Gasteiger charge is 2.33. The van der Waals surface area contributed by atoms with E-state index in [1.165, 1.54) is 0 Å². The zero-order chi connectivity index (χ0) is 8.91. The fraction of sp³-hybridized carbons (Fsp3) is 0.333. The fourth-order valence-electron chi connectivity index (χ4n) is 0.312. The van der Waals surface area contributed by atoms with Crippen molar-refractivity contribution in [2.75, 3.05) is 0 Å². The lowest BCUT2D eigenvalue weighted by Gasteiger charge is -2.05. The predicted molar refractivity (Wildman–Crippen MR) is 47.7 cm³/mol. The molecule has 0 spiro atoms. The molecule has 11 heavy (non-hydrogen) atoms. The van der Waals surface area contributed by atoms with Crippen LogP contribution in [0.15, 0.2) is 25.1 Å². The molecular formula is C6H12O3PSi+. The molecule has 0 radical (unpaired) electrons. The highest BCUT2D eigenvalue weighted by Crippen LogP contribution is 2.29. The van der Waals surface area contributed by atoms with Crippen molar-refractivity contribution < 1.29 is 13.3 Å². The third-order valence-electron chi connectivity index (χ3n) is 0.962. The van der Waals surface area contributed by atoms with Crippen LogP contribution >= 0.6 is 8.25 Å². The third kappa shape index (κ3) is 4.90. The van der Waals surface area contributed by atoms with E-state index in [1.54, 1.807) is 5.70 Å². The lowest BCUT2D eigenvalue weighted by molar-refractivity contribution is 0.384. The van der Waals surface area contributed by atoms with Crippen LogP contribution in [0.1, 0.15) is 0 Å². The lowest BCUT2D eigenvalue weighted by atomic mass is 11.2. The maximum atomic E-state index is 10.8. The summed E-state index contributed by atoms with van der Waals surface area (Å²) in [4.78, 5) is 0. The van der Waals surface area contributed by atoms with Gasteiger partial charge in [-0.25, -0.2) is 4.52 Å². The molecule has 0 N–H and O–H groups in total. The van der Waals surface area contributed by atoms with Gasteiger partial charge in [-0.3, -0.25) is 0 Å². The van der Waals surface area contributed by atoms with Crippen LogP contribution in [0.25, 0.3) is 0 Å². The van der Waals surface area contributed by atoms with Crippen molar-refractivity contribution in [1.29, 1.82) is 0 Å². The Morgan fingerprint density at radius 1 is 1.45 bits per heavy atom. The standard InChI is InChI=1S/C6H12O3PSi/c1-5-8-10(7)9-11(3,4)6-2/h5-6H,1-2H2,3-4H3/q+1. The number of rotatable bonds is 5. The molecule has 0 amide bonds. The van der Waals surface area contributed by atoms with Gasteiger partial charge in [-0.15, -0.1) is 6.58 Å². The van der Waals surface area contributed by atoms with Crippen LogP contribution in [-0.4, -0.2) is 8.32 Å². The van der Waals surface area contributed by atoms with Gasteiger partial charge in [-0.05, 0) is 13.1 Å². The van der Waals surface area contributed by atoms with E-state index >= 15 is 0 Å². The molecule has 0 aliphatic rings. The summed E-state index contributed by atoms with van der Waals surface area (Å²) in [5, 5.41) is 0. The van der Waals surface area contributed by atoms with E-state index in [-0.39, 0.29) is 0 Å². The summed E-state index contributed by atoms with van der Waals surface area (Å²) in [5.41, 5.74) is 1.69. The average Bonchev–Trinajstić information content (AvgIpc) is 1.87. The largest absolute Gasteiger partial charge is 0.737 e. The van der Waals surface area contributed by atoms with Gasteiger partial charge >= 0.3 is 8.25 Å². The van der Waals surface area contributed by atoms with Crippen molar-refractivity contribution in [2.24, 2.45) is 0 Å². The molecule has 0 bridgehead atoms. The molecule has 1 atom stereocenters. The molecule has 3 nitrogen and oxygen atoms in total. The Morgan fingerprint density at radius 3 is 2.36 bits per heavy atom. The van der Waals surface area contributed by atoms with Gasteiger partial charge in [-0.1, -0.05) is 12.3 Å². The second kappa shape index (κ2) is 4.44. The molecule has 62 valence electrons. The van der Waals surface area contributed by atoms with Gasteiger partial charge in [-0.2, -0.15) is 4.21 Å². The Bertz CT molecular complexity index is 179. The van der Waals surface area contributed by atoms with Gasteiger partial charge in [0.2, 0.25) is 0 Å². The van der Waals surface area contributed by atoms with Gasteiger partial charge in [0.15, 0.2) is 0 Å². The molecule has 0 aromatic heterocycles. The minimum Gasteiger partial charge on any atom is -0.239 e. The highest BCUT2D eigenvalue weighted by molar-refractivity contribution is 7.36. The minimum absolute atomic E-state index is 1.10. The van der Waals surface area contributed by atoms with Crippen LogP contribution < -0.4 is 0 Å².